The smallest absolute Gasteiger partial charge is 0.348 e. The van der Waals surface area contributed by atoms with Crippen molar-refractivity contribution in [3.8, 4) is 17.5 Å². The van der Waals surface area contributed by atoms with Crippen molar-refractivity contribution in [3.05, 3.63) is 52.9 Å². The lowest BCUT2D eigenvalue weighted by atomic mass is 10.1. The van der Waals surface area contributed by atoms with E-state index in [0.717, 1.165) is 28.4 Å². The van der Waals surface area contributed by atoms with E-state index in [0.29, 0.717) is 6.61 Å². The second-order valence-electron chi connectivity index (χ2n) is 5.48. The van der Waals surface area contributed by atoms with Crippen LogP contribution < -0.4 is 4.74 Å². The third-order valence-corrected chi connectivity index (χ3v) is 3.79. The van der Waals surface area contributed by atoms with Crippen LogP contribution in [0.15, 0.2) is 35.9 Å². The number of esters is 1. The summed E-state index contributed by atoms with van der Waals surface area (Å²) in [5.74, 6) is 0.221. The predicted octanol–water partition coefficient (Wildman–Crippen LogP) is 3.96. The van der Waals surface area contributed by atoms with Crippen LogP contribution >= 0.6 is 0 Å². The fourth-order valence-corrected chi connectivity index (χ4v) is 2.69. The maximum absolute atomic E-state index is 11.8. The quantitative estimate of drug-likeness (QED) is 0.454. The van der Waals surface area contributed by atoms with E-state index in [1.54, 1.807) is 13.0 Å². The number of carbonyl (C=O) groups excluding carboxylic acids is 1. The molecule has 0 unspecified atom stereocenters. The van der Waals surface area contributed by atoms with Crippen LogP contribution in [0, 0.1) is 25.2 Å². The summed E-state index contributed by atoms with van der Waals surface area (Å²) < 4.78 is 12.5. The largest absolute Gasteiger partial charge is 0.494 e. The van der Waals surface area contributed by atoms with Crippen LogP contribution in [0.4, 0.5) is 0 Å². The summed E-state index contributed by atoms with van der Waals surface area (Å²) in [7, 11) is 0. The maximum atomic E-state index is 11.8. The van der Waals surface area contributed by atoms with Crippen LogP contribution in [0.25, 0.3) is 11.8 Å². The van der Waals surface area contributed by atoms with Crippen molar-refractivity contribution in [2.24, 2.45) is 0 Å². The molecule has 0 fully saturated rings. The Morgan fingerprint density at radius 1 is 1.20 bits per heavy atom. The molecule has 2 aromatic rings. The van der Waals surface area contributed by atoms with Crippen LogP contribution in [0.2, 0.25) is 0 Å². The highest BCUT2D eigenvalue weighted by Crippen LogP contribution is 2.24. The molecule has 0 aliphatic heterocycles. The summed E-state index contributed by atoms with van der Waals surface area (Å²) in [5.41, 5.74) is 3.75. The topological polar surface area (TPSA) is 64.2 Å². The van der Waals surface area contributed by atoms with Gasteiger partial charge in [0.1, 0.15) is 17.4 Å². The molecule has 0 amide bonds. The molecule has 0 spiro atoms. The number of hydrogen-bond acceptors (Lipinski definition) is 4. The van der Waals surface area contributed by atoms with Crippen LogP contribution in [0.3, 0.4) is 0 Å². The van der Waals surface area contributed by atoms with Gasteiger partial charge in [-0.2, -0.15) is 5.26 Å². The first kappa shape index (κ1) is 18.3. The Hall–Kier alpha value is -3.00. The average Bonchev–Trinajstić information content (AvgIpc) is 2.87. The minimum Gasteiger partial charge on any atom is -0.494 e. The first-order chi connectivity index (χ1) is 12.0. The van der Waals surface area contributed by atoms with Gasteiger partial charge in [0.2, 0.25) is 0 Å². The molecule has 0 atom stereocenters. The zero-order valence-electron chi connectivity index (χ0n) is 15.0. The summed E-state index contributed by atoms with van der Waals surface area (Å²) in [5, 5.41) is 9.21. The molecular formula is C20H22N2O3. The van der Waals surface area contributed by atoms with E-state index in [1.165, 1.54) is 0 Å². The first-order valence-electron chi connectivity index (χ1n) is 8.22. The number of carbonyl (C=O) groups is 1. The molecule has 1 heterocycles. The molecule has 0 aliphatic rings. The van der Waals surface area contributed by atoms with E-state index in [1.807, 2.05) is 57.2 Å². The predicted molar refractivity (Wildman–Crippen MR) is 96.6 cm³/mol. The van der Waals surface area contributed by atoms with Crippen LogP contribution in [0.1, 0.15) is 30.8 Å². The van der Waals surface area contributed by atoms with Crippen LogP contribution in [0.5, 0.6) is 5.75 Å². The lowest BCUT2D eigenvalue weighted by molar-refractivity contribution is -0.137. The molecule has 1 aromatic heterocycles. The Morgan fingerprint density at radius 3 is 2.44 bits per heavy atom. The fourth-order valence-electron chi connectivity index (χ4n) is 2.69. The molecule has 0 bridgehead atoms. The third kappa shape index (κ3) is 4.10. The Balaban J connectivity index is 2.41. The van der Waals surface area contributed by atoms with Gasteiger partial charge in [-0.15, -0.1) is 0 Å². The molecule has 130 valence electrons. The van der Waals surface area contributed by atoms with Gasteiger partial charge in [-0.25, -0.2) is 4.79 Å². The summed E-state index contributed by atoms with van der Waals surface area (Å²) in [4.78, 5) is 11.8. The molecule has 2 rings (SSSR count). The van der Waals surface area contributed by atoms with Crippen molar-refractivity contribution in [3.63, 3.8) is 0 Å². The van der Waals surface area contributed by atoms with Gasteiger partial charge in [-0.1, -0.05) is 0 Å². The van der Waals surface area contributed by atoms with Gasteiger partial charge in [0, 0.05) is 17.1 Å². The second kappa shape index (κ2) is 8.20. The van der Waals surface area contributed by atoms with E-state index in [2.05, 4.69) is 4.57 Å². The van der Waals surface area contributed by atoms with Gasteiger partial charge >= 0.3 is 5.97 Å². The van der Waals surface area contributed by atoms with Crippen LogP contribution in [-0.4, -0.2) is 23.8 Å². The zero-order valence-corrected chi connectivity index (χ0v) is 15.0. The number of aromatic nitrogens is 1. The Morgan fingerprint density at radius 2 is 1.88 bits per heavy atom. The number of aryl methyl sites for hydroxylation is 1. The van der Waals surface area contributed by atoms with E-state index in [-0.39, 0.29) is 12.2 Å². The van der Waals surface area contributed by atoms with Crippen molar-refractivity contribution in [2.45, 2.75) is 27.7 Å². The Labute approximate surface area is 148 Å². The highest BCUT2D eigenvalue weighted by Gasteiger charge is 2.14. The van der Waals surface area contributed by atoms with Crippen LogP contribution in [-0.2, 0) is 9.53 Å². The number of hydrogen-bond donors (Lipinski definition) is 0. The number of ether oxygens (including phenoxy) is 2. The van der Waals surface area contributed by atoms with Crippen molar-refractivity contribution in [2.75, 3.05) is 13.2 Å². The lowest BCUT2D eigenvalue weighted by Gasteiger charge is -2.11. The average molecular weight is 338 g/mol. The van der Waals surface area contributed by atoms with Crippen molar-refractivity contribution in [1.29, 1.82) is 5.26 Å². The van der Waals surface area contributed by atoms with E-state index in [9.17, 15) is 10.1 Å². The van der Waals surface area contributed by atoms with Gasteiger partial charge in [0.25, 0.3) is 0 Å². The fraction of sp³-hybridized carbons (Fsp3) is 0.300. The van der Waals surface area contributed by atoms with Gasteiger partial charge in [0.15, 0.2) is 0 Å². The van der Waals surface area contributed by atoms with Crippen molar-refractivity contribution < 1.29 is 14.3 Å². The van der Waals surface area contributed by atoms with E-state index < -0.39 is 5.97 Å². The minimum atomic E-state index is -0.601. The highest BCUT2D eigenvalue weighted by molar-refractivity contribution is 5.98. The summed E-state index contributed by atoms with van der Waals surface area (Å²) >= 11 is 0. The van der Waals surface area contributed by atoms with E-state index >= 15 is 0 Å². The Kier molecular flexibility index (Phi) is 6.02. The highest BCUT2D eigenvalue weighted by atomic mass is 16.5. The minimum absolute atomic E-state index is 0.00575. The molecule has 1 aromatic carbocycles. The second-order valence-corrected chi connectivity index (χ2v) is 5.48. The molecule has 0 saturated heterocycles. The Bertz CT molecular complexity index is 824. The SMILES string of the molecule is CCOC(=O)/C(C#N)=C\c1cc(C)n(-c2ccc(OCC)cc2)c1C. The summed E-state index contributed by atoms with van der Waals surface area (Å²) in [6.45, 7) is 8.46. The molecule has 0 radical (unpaired) electrons. The maximum Gasteiger partial charge on any atom is 0.348 e. The molecule has 25 heavy (non-hydrogen) atoms. The molecule has 0 saturated carbocycles. The van der Waals surface area contributed by atoms with Gasteiger partial charge < -0.3 is 14.0 Å². The summed E-state index contributed by atoms with van der Waals surface area (Å²) in [6, 6.07) is 11.7. The lowest BCUT2D eigenvalue weighted by Crippen LogP contribution is -2.06. The molecular weight excluding hydrogens is 316 g/mol. The van der Waals surface area contributed by atoms with E-state index in [4.69, 9.17) is 9.47 Å². The van der Waals surface area contributed by atoms with Crippen molar-refractivity contribution in [1.82, 2.24) is 4.57 Å². The third-order valence-electron chi connectivity index (χ3n) is 3.79. The van der Waals surface area contributed by atoms with Gasteiger partial charge in [0.05, 0.1) is 13.2 Å². The number of nitriles is 1. The van der Waals surface area contributed by atoms with Crippen molar-refractivity contribution >= 4 is 12.0 Å². The number of nitrogens with zero attached hydrogens (tertiary/aromatic N) is 2. The molecule has 5 heteroatoms. The molecule has 5 nitrogen and oxygen atoms in total. The monoisotopic (exact) mass is 338 g/mol. The standard InChI is InChI=1S/C20H22N2O3/c1-5-24-19-9-7-18(8-10-19)22-14(3)11-16(15(22)4)12-17(13-21)20(23)25-6-2/h7-12H,5-6H2,1-4H3/b17-12-. The molecule has 0 N–H and O–H groups in total. The van der Waals surface area contributed by atoms with Gasteiger partial charge in [-0.3, -0.25) is 0 Å². The molecule has 0 aliphatic carbocycles. The normalized spacial score (nSPS) is 11.1. The number of rotatable bonds is 6. The first-order valence-corrected chi connectivity index (χ1v) is 8.22. The summed E-state index contributed by atoms with van der Waals surface area (Å²) in [6.07, 6.45) is 1.57. The zero-order chi connectivity index (χ0) is 18.4. The van der Waals surface area contributed by atoms with Gasteiger partial charge in [-0.05, 0) is 69.7 Å². The number of benzene rings is 1.